The second-order valence-electron chi connectivity index (χ2n) is 5.11. The summed E-state index contributed by atoms with van der Waals surface area (Å²) in [5.41, 5.74) is 2.98. The van der Waals surface area contributed by atoms with Gasteiger partial charge in [0.15, 0.2) is 0 Å². The summed E-state index contributed by atoms with van der Waals surface area (Å²) in [5, 5.41) is 13.3. The van der Waals surface area contributed by atoms with Crippen molar-refractivity contribution in [3.05, 3.63) is 71.0 Å². The van der Waals surface area contributed by atoms with Gasteiger partial charge in [-0.15, -0.1) is 0 Å². The first-order chi connectivity index (χ1) is 9.56. The molecule has 2 atom stereocenters. The van der Waals surface area contributed by atoms with E-state index in [2.05, 4.69) is 36.5 Å². The summed E-state index contributed by atoms with van der Waals surface area (Å²) in [6.07, 6.45) is -0.710. The third-order valence-electron chi connectivity index (χ3n) is 3.43. The minimum absolute atomic E-state index is 0.138. The van der Waals surface area contributed by atoms with Gasteiger partial charge in [0.05, 0.1) is 6.10 Å². The Balaban J connectivity index is 1.93. The molecular formula is C17H20FNO. The fourth-order valence-corrected chi connectivity index (χ4v) is 2.09. The van der Waals surface area contributed by atoms with E-state index in [0.717, 1.165) is 0 Å². The molecule has 0 aliphatic carbocycles. The van der Waals surface area contributed by atoms with Crippen LogP contribution in [-0.2, 0) is 0 Å². The smallest absolute Gasteiger partial charge is 0.123 e. The van der Waals surface area contributed by atoms with Gasteiger partial charge in [-0.3, -0.25) is 0 Å². The van der Waals surface area contributed by atoms with Gasteiger partial charge in [-0.2, -0.15) is 0 Å². The number of hydrogen-bond acceptors (Lipinski definition) is 2. The molecular weight excluding hydrogens is 253 g/mol. The Morgan fingerprint density at radius 3 is 2.45 bits per heavy atom. The number of aryl methyl sites for hydroxylation is 1. The highest BCUT2D eigenvalue weighted by Crippen LogP contribution is 2.16. The average Bonchev–Trinajstić information content (AvgIpc) is 2.45. The third-order valence-corrected chi connectivity index (χ3v) is 3.43. The highest BCUT2D eigenvalue weighted by atomic mass is 19.1. The van der Waals surface area contributed by atoms with E-state index < -0.39 is 6.10 Å². The lowest BCUT2D eigenvalue weighted by molar-refractivity contribution is 0.170. The molecule has 2 unspecified atom stereocenters. The van der Waals surface area contributed by atoms with Gasteiger partial charge in [-0.25, -0.2) is 4.39 Å². The van der Waals surface area contributed by atoms with Gasteiger partial charge >= 0.3 is 0 Å². The van der Waals surface area contributed by atoms with Crippen molar-refractivity contribution in [2.75, 3.05) is 6.54 Å². The van der Waals surface area contributed by atoms with Crippen molar-refractivity contribution in [3.63, 3.8) is 0 Å². The van der Waals surface area contributed by atoms with Crippen molar-refractivity contribution in [2.45, 2.75) is 26.0 Å². The van der Waals surface area contributed by atoms with Gasteiger partial charge in [0.1, 0.15) is 5.82 Å². The lowest BCUT2D eigenvalue weighted by Gasteiger charge is -2.18. The summed E-state index contributed by atoms with van der Waals surface area (Å²) in [6.45, 7) is 4.48. The number of aliphatic hydroxyl groups is 1. The molecule has 3 heteroatoms. The number of aliphatic hydroxyl groups excluding tert-OH is 1. The maximum atomic E-state index is 13.1. The first-order valence-electron chi connectivity index (χ1n) is 6.80. The van der Waals surface area contributed by atoms with Crippen molar-refractivity contribution in [1.29, 1.82) is 0 Å². The molecule has 0 spiro atoms. The monoisotopic (exact) mass is 273 g/mol. The van der Waals surface area contributed by atoms with E-state index in [4.69, 9.17) is 0 Å². The predicted octanol–water partition coefficient (Wildman–Crippen LogP) is 3.52. The van der Waals surface area contributed by atoms with Gasteiger partial charge in [0.2, 0.25) is 0 Å². The van der Waals surface area contributed by atoms with Crippen LogP contribution in [0.15, 0.2) is 48.5 Å². The van der Waals surface area contributed by atoms with Crippen molar-refractivity contribution >= 4 is 0 Å². The van der Waals surface area contributed by atoms with E-state index in [1.807, 2.05) is 6.92 Å². The first-order valence-corrected chi connectivity index (χ1v) is 6.80. The number of rotatable bonds is 5. The van der Waals surface area contributed by atoms with Crippen LogP contribution < -0.4 is 5.32 Å². The molecule has 0 aliphatic heterocycles. The molecule has 2 nitrogen and oxygen atoms in total. The second kappa shape index (κ2) is 6.64. The lowest BCUT2D eigenvalue weighted by atomic mass is 10.1. The minimum Gasteiger partial charge on any atom is -0.387 e. The summed E-state index contributed by atoms with van der Waals surface area (Å²) in [5.74, 6) is -0.326. The Morgan fingerprint density at radius 2 is 1.80 bits per heavy atom. The molecule has 0 saturated carbocycles. The number of benzene rings is 2. The van der Waals surface area contributed by atoms with Crippen LogP contribution in [-0.4, -0.2) is 11.7 Å². The molecule has 0 bridgehead atoms. The van der Waals surface area contributed by atoms with E-state index in [1.165, 1.54) is 23.3 Å². The average molecular weight is 273 g/mol. The SMILES string of the molecule is Cc1ccc(C(C)NCC(O)c2cccc(F)c2)cc1. The normalized spacial score (nSPS) is 14.0. The van der Waals surface area contributed by atoms with Gasteiger partial charge in [-0.05, 0) is 37.1 Å². The molecule has 0 amide bonds. The zero-order chi connectivity index (χ0) is 14.5. The Kier molecular flexibility index (Phi) is 4.88. The molecule has 2 aromatic carbocycles. The lowest BCUT2D eigenvalue weighted by Crippen LogP contribution is -2.24. The maximum absolute atomic E-state index is 13.1. The van der Waals surface area contributed by atoms with Gasteiger partial charge in [0.25, 0.3) is 0 Å². The van der Waals surface area contributed by atoms with Crippen LogP contribution >= 0.6 is 0 Å². The minimum atomic E-state index is -0.710. The molecule has 20 heavy (non-hydrogen) atoms. The van der Waals surface area contributed by atoms with E-state index in [9.17, 15) is 9.50 Å². The topological polar surface area (TPSA) is 32.3 Å². The van der Waals surface area contributed by atoms with Gasteiger partial charge in [0, 0.05) is 12.6 Å². The molecule has 0 fully saturated rings. The fourth-order valence-electron chi connectivity index (χ4n) is 2.09. The number of hydrogen-bond donors (Lipinski definition) is 2. The maximum Gasteiger partial charge on any atom is 0.123 e. The quantitative estimate of drug-likeness (QED) is 0.873. The van der Waals surface area contributed by atoms with Crippen LogP contribution in [0, 0.1) is 12.7 Å². The zero-order valence-electron chi connectivity index (χ0n) is 11.8. The van der Waals surface area contributed by atoms with Crippen molar-refractivity contribution in [2.24, 2.45) is 0 Å². The van der Waals surface area contributed by atoms with Crippen molar-refractivity contribution < 1.29 is 9.50 Å². The van der Waals surface area contributed by atoms with Crippen LogP contribution in [0.1, 0.15) is 35.8 Å². The van der Waals surface area contributed by atoms with E-state index in [0.29, 0.717) is 12.1 Å². The molecule has 0 aromatic heterocycles. The molecule has 106 valence electrons. The molecule has 0 saturated heterocycles. The first kappa shape index (κ1) is 14.7. The van der Waals surface area contributed by atoms with Gasteiger partial charge in [-0.1, -0.05) is 42.0 Å². The summed E-state index contributed by atoms with van der Waals surface area (Å²) >= 11 is 0. The predicted molar refractivity (Wildman–Crippen MR) is 79.0 cm³/mol. The zero-order valence-corrected chi connectivity index (χ0v) is 11.8. The summed E-state index contributed by atoms with van der Waals surface area (Å²) in [7, 11) is 0. The number of halogens is 1. The van der Waals surface area contributed by atoms with E-state index >= 15 is 0 Å². The van der Waals surface area contributed by atoms with Crippen LogP contribution in [0.25, 0.3) is 0 Å². The van der Waals surface area contributed by atoms with Crippen LogP contribution in [0.3, 0.4) is 0 Å². The van der Waals surface area contributed by atoms with Crippen molar-refractivity contribution in [3.8, 4) is 0 Å². The van der Waals surface area contributed by atoms with Crippen LogP contribution in [0.5, 0.6) is 0 Å². The molecule has 0 aliphatic rings. The molecule has 0 heterocycles. The fraction of sp³-hybridized carbons (Fsp3) is 0.294. The molecule has 0 radical (unpaired) electrons. The molecule has 2 aromatic rings. The largest absolute Gasteiger partial charge is 0.387 e. The third kappa shape index (κ3) is 3.89. The van der Waals surface area contributed by atoms with Crippen LogP contribution in [0.2, 0.25) is 0 Å². The highest BCUT2D eigenvalue weighted by Gasteiger charge is 2.11. The van der Waals surface area contributed by atoms with Gasteiger partial charge < -0.3 is 10.4 Å². The molecule has 2 rings (SSSR count). The highest BCUT2D eigenvalue weighted by molar-refractivity contribution is 5.24. The Hall–Kier alpha value is -1.71. The number of nitrogens with one attached hydrogen (secondary N) is 1. The Morgan fingerprint density at radius 1 is 1.10 bits per heavy atom. The Labute approximate surface area is 119 Å². The standard InChI is InChI=1S/C17H20FNO/c1-12-6-8-14(9-7-12)13(2)19-11-17(20)15-4-3-5-16(18)10-15/h3-10,13,17,19-20H,11H2,1-2H3. The van der Waals surface area contributed by atoms with E-state index in [1.54, 1.807) is 12.1 Å². The van der Waals surface area contributed by atoms with Crippen LogP contribution in [0.4, 0.5) is 4.39 Å². The van der Waals surface area contributed by atoms with Crippen molar-refractivity contribution in [1.82, 2.24) is 5.32 Å². The second-order valence-corrected chi connectivity index (χ2v) is 5.11. The summed E-state index contributed by atoms with van der Waals surface area (Å²) in [4.78, 5) is 0. The van der Waals surface area contributed by atoms with E-state index in [-0.39, 0.29) is 11.9 Å². The molecule has 2 N–H and O–H groups in total. The summed E-state index contributed by atoms with van der Waals surface area (Å²) < 4.78 is 13.1. The summed E-state index contributed by atoms with van der Waals surface area (Å²) in [6, 6.07) is 14.5. The Bertz CT molecular complexity index is 553.